The van der Waals surface area contributed by atoms with E-state index in [2.05, 4.69) is 4.98 Å². The van der Waals surface area contributed by atoms with Gasteiger partial charge in [-0.05, 0) is 39.4 Å². The molecule has 1 aromatic heterocycles. The maximum atomic E-state index is 12.7. The largest absolute Gasteiger partial charge is 0.478 e. The molecule has 0 aliphatic carbocycles. The van der Waals surface area contributed by atoms with Gasteiger partial charge in [0.1, 0.15) is 0 Å². The predicted octanol–water partition coefficient (Wildman–Crippen LogP) is 1.15. The zero-order valence-corrected chi connectivity index (χ0v) is 11.8. The number of ketones is 1. The summed E-state index contributed by atoms with van der Waals surface area (Å²) in [5.74, 6) is -3.01. The van der Waals surface area contributed by atoms with Gasteiger partial charge in [-0.3, -0.25) is 9.69 Å². The lowest BCUT2D eigenvalue weighted by Gasteiger charge is -2.30. The van der Waals surface area contributed by atoms with Crippen LogP contribution in [0.25, 0.3) is 0 Å². The van der Waals surface area contributed by atoms with E-state index in [-0.39, 0.29) is 11.1 Å². The van der Waals surface area contributed by atoms with Gasteiger partial charge in [0.25, 0.3) is 0 Å². The Balaban J connectivity index is 2.55. The quantitative estimate of drug-likeness (QED) is 0.801. The molecule has 7 nitrogen and oxygen atoms in total. The molecule has 0 amide bonds. The Labute approximate surface area is 121 Å². The Hall–Kier alpha value is -2.28. The van der Waals surface area contributed by atoms with Gasteiger partial charge in [0.05, 0.1) is 16.7 Å². The van der Waals surface area contributed by atoms with Crippen molar-refractivity contribution in [2.45, 2.75) is 25.3 Å². The summed E-state index contributed by atoms with van der Waals surface area (Å²) >= 11 is 0. The molecule has 0 radical (unpaired) electrons. The first-order chi connectivity index (χ1) is 9.77. The number of likely N-dealkylation sites (N-methyl/N-ethyl adjacent to an activating group) is 1. The molecule has 7 heteroatoms. The molecule has 0 aromatic carbocycles. The molecule has 1 aromatic rings. The van der Waals surface area contributed by atoms with E-state index in [1.165, 1.54) is 0 Å². The Kier molecular flexibility index (Phi) is 3.78. The maximum Gasteiger partial charge on any atom is 0.355 e. The van der Waals surface area contributed by atoms with Crippen LogP contribution in [0, 0.1) is 0 Å². The molecular formula is C14H16N2O5. The normalized spacial score (nSPS) is 22.2. The fourth-order valence-corrected chi connectivity index (χ4v) is 2.60. The minimum absolute atomic E-state index is 0.154. The van der Waals surface area contributed by atoms with Crippen molar-refractivity contribution in [2.75, 3.05) is 13.6 Å². The number of hydrogen-bond acceptors (Lipinski definition) is 5. The van der Waals surface area contributed by atoms with E-state index in [0.29, 0.717) is 6.42 Å². The molecule has 2 rings (SSSR count). The van der Waals surface area contributed by atoms with E-state index in [1.807, 2.05) is 4.90 Å². The van der Waals surface area contributed by atoms with E-state index in [4.69, 9.17) is 10.2 Å². The molecule has 1 saturated heterocycles. The van der Waals surface area contributed by atoms with E-state index >= 15 is 0 Å². The van der Waals surface area contributed by atoms with Crippen LogP contribution in [0.3, 0.4) is 0 Å². The second-order valence-electron chi connectivity index (χ2n) is 5.36. The van der Waals surface area contributed by atoms with Crippen LogP contribution in [0.1, 0.15) is 51.0 Å². The molecule has 1 atom stereocenters. The average Bonchev–Trinajstić information content (AvgIpc) is 2.78. The van der Waals surface area contributed by atoms with Crippen LogP contribution in [0.5, 0.6) is 0 Å². The van der Waals surface area contributed by atoms with Crippen molar-refractivity contribution in [3.8, 4) is 0 Å². The van der Waals surface area contributed by atoms with Gasteiger partial charge in [0.15, 0.2) is 11.5 Å². The first kappa shape index (κ1) is 15.1. The number of aromatic nitrogens is 1. The fourth-order valence-electron chi connectivity index (χ4n) is 2.60. The second-order valence-corrected chi connectivity index (χ2v) is 5.36. The number of Topliss-reactive ketones (excluding diaryl/α,β-unsaturated/α-hetero) is 1. The van der Waals surface area contributed by atoms with Gasteiger partial charge in [0.2, 0.25) is 0 Å². The number of aromatic carboxylic acids is 2. The molecule has 2 N–H and O–H groups in total. The summed E-state index contributed by atoms with van der Waals surface area (Å²) in [7, 11) is 1.79. The molecule has 0 saturated carbocycles. The van der Waals surface area contributed by atoms with Gasteiger partial charge in [0, 0.05) is 6.20 Å². The van der Waals surface area contributed by atoms with Crippen LogP contribution in [0.2, 0.25) is 0 Å². The Morgan fingerprint density at radius 2 is 1.95 bits per heavy atom. The summed E-state index contributed by atoms with van der Waals surface area (Å²) in [6.45, 7) is 2.47. The first-order valence-electron chi connectivity index (χ1n) is 6.50. The van der Waals surface area contributed by atoms with Crippen molar-refractivity contribution in [1.82, 2.24) is 9.88 Å². The minimum Gasteiger partial charge on any atom is -0.478 e. The number of rotatable bonds is 4. The number of likely N-dealkylation sites (tertiary alicyclic amines) is 1. The summed E-state index contributed by atoms with van der Waals surface area (Å²) < 4.78 is 0. The molecule has 1 aliphatic rings. The lowest BCUT2D eigenvalue weighted by molar-refractivity contribution is 0.0662. The number of carboxylic acid groups (broad SMARTS) is 2. The molecule has 112 valence electrons. The molecule has 0 bridgehead atoms. The SMILES string of the molecule is CN1CCC[C@@]1(C)C(=O)c1cc(C(=O)O)cnc1C(=O)O. The molecule has 2 heterocycles. The van der Waals surface area contributed by atoms with Crippen LogP contribution in [-0.4, -0.2) is 57.0 Å². The highest BCUT2D eigenvalue weighted by molar-refractivity contribution is 6.10. The lowest BCUT2D eigenvalue weighted by atomic mass is 9.87. The van der Waals surface area contributed by atoms with Crippen LogP contribution in [-0.2, 0) is 0 Å². The van der Waals surface area contributed by atoms with Crippen molar-refractivity contribution in [1.29, 1.82) is 0 Å². The number of pyridine rings is 1. The summed E-state index contributed by atoms with van der Waals surface area (Å²) in [6, 6.07) is 1.10. The van der Waals surface area contributed by atoms with E-state index in [0.717, 1.165) is 25.2 Å². The van der Waals surface area contributed by atoms with Gasteiger partial charge in [-0.25, -0.2) is 14.6 Å². The molecule has 0 spiro atoms. The van der Waals surface area contributed by atoms with Gasteiger partial charge < -0.3 is 10.2 Å². The van der Waals surface area contributed by atoms with Crippen LogP contribution >= 0.6 is 0 Å². The summed E-state index contributed by atoms with van der Waals surface area (Å²) in [6.07, 6.45) is 2.37. The number of hydrogen-bond donors (Lipinski definition) is 2. The topological polar surface area (TPSA) is 108 Å². The zero-order valence-electron chi connectivity index (χ0n) is 11.8. The highest BCUT2D eigenvalue weighted by Gasteiger charge is 2.42. The van der Waals surface area contributed by atoms with Crippen LogP contribution < -0.4 is 0 Å². The fraction of sp³-hybridized carbons (Fsp3) is 0.429. The molecular weight excluding hydrogens is 276 g/mol. The third-order valence-electron chi connectivity index (χ3n) is 4.07. The average molecular weight is 292 g/mol. The van der Waals surface area contributed by atoms with Gasteiger partial charge in [-0.2, -0.15) is 0 Å². The van der Waals surface area contributed by atoms with Crippen molar-refractivity contribution >= 4 is 17.7 Å². The maximum absolute atomic E-state index is 12.7. The second kappa shape index (κ2) is 5.25. The first-order valence-corrected chi connectivity index (χ1v) is 6.50. The van der Waals surface area contributed by atoms with Crippen LogP contribution in [0.15, 0.2) is 12.3 Å². The van der Waals surface area contributed by atoms with E-state index < -0.39 is 29.0 Å². The minimum atomic E-state index is -1.35. The third-order valence-corrected chi connectivity index (χ3v) is 4.07. The Bertz CT molecular complexity index is 628. The lowest BCUT2D eigenvalue weighted by Crippen LogP contribution is -2.46. The summed E-state index contributed by atoms with van der Waals surface area (Å²) in [5, 5.41) is 18.2. The van der Waals surface area contributed by atoms with Crippen molar-refractivity contribution in [3.63, 3.8) is 0 Å². The third kappa shape index (κ3) is 2.52. The monoisotopic (exact) mass is 292 g/mol. The van der Waals surface area contributed by atoms with Crippen molar-refractivity contribution in [2.24, 2.45) is 0 Å². The summed E-state index contributed by atoms with van der Waals surface area (Å²) in [5.41, 5.74) is -1.60. The van der Waals surface area contributed by atoms with Crippen molar-refractivity contribution < 1.29 is 24.6 Å². The molecule has 1 aliphatic heterocycles. The van der Waals surface area contributed by atoms with E-state index in [9.17, 15) is 14.4 Å². The summed E-state index contributed by atoms with van der Waals surface area (Å²) in [4.78, 5) is 40.5. The van der Waals surface area contributed by atoms with Crippen molar-refractivity contribution in [3.05, 3.63) is 29.1 Å². The van der Waals surface area contributed by atoms with Gasteiger partial charge in [-0.1, -0.05) is 0 Å². The Morgan fingerprint density at radius 3 is 2.43 bits per heavy atom. The number of carboxylic acids is 2. The smallest absolute Gasteiger partial charge is 0.355 e. The zero-order chi connectivity index (χ0) is 15.8. The Morgan fingerprint density at radius 1 is 1.29 bits per heavy atom. The molecule has 0 unspecified atom stereocenters. The number of carbonyl (C=O) groups excluding carboxylic acids is 1. The van der Waals surface area contributed by atoms with Gasteiger partial charge in [-0.15, -0.1) is 0 Å². The number of carbonyl (C=O) groups is 3. The molecule has 21 heavy (non-hydrogen) atoms. The predicted molar refractivity (Wildman–Crippen MR) is 72.8 cm³/mol. The number of nitrogens with zero attached hydrogens (tertiary/aromatic N) is 2. The highest BCUT2D eigenvalue weighted by atomic mass is 16.4. The highest BCUT2D eigenvalue weighted by Crippen LogP contribution is 2.31. The van der Waals surface area contributed by atoms with E-state index in [1.54, 1.807) is 14.0 Å². The standard InChI is InChI=1S/C14H16N2O5/c1-14(4-3-5-16(14)2)11(17)9-6-8(12(18)19)7-15-10(9)13(20)21/h6-7H,3-5H2,1-2H3,(H,18,19)(H,20,21)/t14-/m0/s1. The van der Waals surface area contributed by atoms with Crippen LogP contribution in [0.4, 0.5) is 0 Å². The van der Waals surface area contributed by atoms with Gasteiger partial charge >= 0.3 is 11.9 Å². The molecule has 1 fully saturated rings.